The Morgan fingerprint density at radius 2 is 1.81 bits per heavy atom. The topological polar surface area (TPSA) is 49.8 Å². The van der Waals surface area contributed by atoms with Gasteiger partial charge in [-0.25, -0.2) is 9.97 Å². The Morgan fingerprint density at radius 3 is 2.48 bits per heavy atom. The molecule has 0 unspecified atom stereocenters. The fraction of sp³-hybridized carbons (Fsp3) is 0.375. The van der Waals surface area contributed by atoms with Crippen LogP contribution in [0, 0.1) is 13.8 Å². The summed E-state index contributed by atoms with van der Waals surface area (Å²) in [5, 5.41) is 7.25. The van der Waals surface area contributed by atoms with Crippen molar-refractivity contribution in [2.75, 3.05) is 17.7 Å². The fourth-order valence-electron chi connectivity index (χ4n) is 2.13. The number of hydrogen-bond donors (Lipinski definition) is 2. The van der Waals surface area contributed by atoms with Crippen molar-refractivity contribution in [2.24, 2.45) is 0 Å². The lowest BCUT2D eigenvalue weighted by atomic mass is 10.2. The third-order valence-electron chi connectivity index (χ3n) is 3.42. The van der Waals surface area contributed by atoms with Gasteiger partial charge < -0.3 is 10.6 Å². The van der Waals surface area contributed by atoms with Crippen molar-refractivity contribution in [1.82, 2.24) is 9.97 Å². The number of halogens is 1. The Kier molecular flexibility index (Phi) is 5.02. The average Bonchev–Trinajstić information content (AvgIpc) is 2.47. The van der Waals surface area contributed by atoms with E-state index in [4.69, 9.17) is 11.6 Å². The Bertz CT molecular complexity index is 640. The summed E-state index contributed by atoms with van der Waals surface area (Å²) in [6, 6.07) is 5.82. The van der Waals surface area contributed by atoms with Crippen molar-refractivity contribution in [2.45, 2.75) is 33.6 Å². The monoisotopic (exact) mass is 304 g/mol. The maximum atomic E-state index is 6.17. The van der Waals surface area contributed by atoms with E-state index in [1.54, 1.807) is 0 Å². The van der Waals surface area contributed by atoms with Gasteiger partial charge in [-0.2, -0.15) is 0 Å². The summed E-state index contributed by atoms with van der Waals surface area (Å²) in [6.07, 6.45) is 1.88. The molecule has 0 aliphatic carbocycles. The average molecular weight is 305 g/mol. The van der Waals surface area contributed by atoms with Crippen molar-refractivity contribution < 1.29 is 0 Å². The van der Waals surface area contributed by atoms with E-state index in [9.17, 15) is 0 Å². The van der Waals surface area contributed by atoms with Gasteiger partial charge in [-0.05, 0) is 38.0 Å². The molecule has 0 aliphatic heterocycles. The highest BCUT2D eigenvalue weighted by Gasteiger charge is 2.11. The number of nitrogens with one attached hydrogen (secondary N) is 2. The lowest BCUT2D eigenvalue weighted by Crippen LogP contribution is -2.07. The first-order chi connectivity index (χ1) is 10.1. The molecule has 0 saturated carbocycles. The predicted molar refractivity (Wildman–Crippen MR) is 89.8 cm³/mol. The molecule has 0 aliphatic rings. The number of benzene rings is 1. The molecule has 2 N–H and O–H groups in total. The van der Waals surface area contributed by atoms with Gasteiger partial charge in [0.2, 0.25) is 0 Å². The van der Waals surface area contributed by atoms with E-state index in [-0.39, 0.29) is 0 Å². The Morgan fingerprint density at radius 1 is 1.10 bits per heavy atom. The van der Waals surface area contributed by atoms with Crippen LogP contribution >= 0.6 is 11.6 Å². The van der Waals surface area contributed by atoms with E-state index in [0.29, 0.717) is 0 Å². The zero-order valence-corrected chi connectivity index (χ0v) is 13.7. The Hall–Kier alpha value is -1.81. The highest BCUT2D eigenvalue weighted by Crippen LogP contribution is 2.28. The second-order valence-electron chi connectivity index (χ2n) is 5.00. The smallest absolute Gasteiger partial charge is 0.139 e. The molecule has 0 radical (unpaired) electrons. The first-order valence-corrected chi connectivity index (χ1v) is 7.52. The van der Waals surface area contributed by atoms with Crippen LogP contribution in [0.2, 0.25) is 5.02 Å². The molecule has 1 heterocycles. The van der Waals surface area contributed by atoms with E-state index < -0.39 is 0 Å². The van der Waals surface area contributed by atoms with Crippen LogP contribution in [0.3, 0.4) is 0 Å². The van der Waals surface area contributed by atoms with Gasteiger partial charge in [0.25, 0.3) is 0 Å². The molecule has 5 heteroatoms. The van der Waals surface area contributed by atoms with Gasteiger partial charge in [0.1, 0.15) is 17.5 Å². The van der Waals surface area contributed by atoms with Gasteiger partial charge in [0.15, 0.2) is 0 Å². The molecular weight excluding hydrogens is 284 g/mol. The molecule has 112 valence electrons. The Balaban J connectivity index is 2.42. The van der Waals surface area contributed by atoms with Crippen molar-refractivity contribution in [3.8, 4) is 0 Å². The van der Waals surface area contributed by atoms with Crippen molar-refractivity contribution in [1.29, 1.82) is 0 Å². The van der Waals surface area contributed by atoms with Crippen LogP contribution in [0.25, 0.3) is 0 Å². The third kappa shape index (κ3) is 3.45. The van der Waals surface area contributed by atoms with E-state index in [2.05, 4.69) is 27.5 Å². The summed E-state index contributed by atoms with van der Waals surface area (Å²) < 4.78 is 0. The first-order valence-electron chi connectivity index (χ1n) is 7.14. The summed E-state index contributed by atoms with van der Waals surface area (Å²) in [4.78, 5) is 9.17. The summed E-state index contributed by atoms with van der Waals surface area (Å²) in [7, 11) is 1.87. The van der Waals surface area contributed by atoms with E-state index >= 15 is 0 Å². The molecule has 21 heavy (non-hydrogen) atoms. The van der Waals surface area contributed by atoms with Gasteiger partial charge in [-0.1, -0.05) is 24.6 Å². The number of nitrogens with zero attached hydrogens (tertiary/aromatic N) is 2. The maximum absolute atomic E-state index is 6.17. The quantitative estimate of drug-likeness (QED) is 0.855. The summed E-state index contributed by atoms with van der Waals surface area (Å²) in [5.74, 6) is 2.52. The minimum atomic E-state index is 0.745. The lowest BCUT2D eigenvalue weighted by molar-refractivity contribution is 0.835. The molecule has 1 aromatic carbocycles. The lowest BCUT2D eigenvalue weighted by Gasteiger charge is -2.15. The van der Waals surface area contributed by atoms with E-state index in [0.717, 1.165) is 52.1 Å². The minimum Gasteiger partial charge on any atom is -0.373 e. The van der Waals surface area contributed by atoms with Gasteiger partial charge in [0, 0.05) is 29.7 Å². The van der Waals surface area contributed by atoms with E-state index in [1.807, 2.05) is 39.1 Å². The van der Waals surface area contributed by atoms with Crippen LogP contribution in [0.4, 0.5) is 17.3 Å². The molecule has 0 saturated heterocycles. The highest BCUT2D eigenvalue weighted by atomic mass is 35.5. The Labute approximate surface area is 131 Å². The number of rotatable bonds is 5. The largest absolute Gasteiger partial charge is 0.373 e. The first kappa shape index (κ1) is 15.6. The summed E-state index contributed by atoms with van der Waals surface area (Å²) in [6.45, 7) is 6.12. The highest BCUT2D eigenvalue weighted by molar-refractivity contribution is 6.31. The second-order valence-corrected chi connectivity index (χ2v) is 5.41. The number of aryl methyl sites for hydroxylation is 1. The van der Waals surface area contributed by atoms with Crippen molar-refractivity contribution >= 4 is 28.9 Å². The SMILES string of the molecule is CCCc1nc(NC)c(C)c(Nc2cccc(Cl)c2C)n1. The summed E-state index contributed by atoms with van der Waals surface area (Å²) >= 11 is 6.17. The standard InChI is InChI=1S/C16H21ClN4/c1-5-7-14-20-15(18-4)11(3)16(21-14)19-13-9-6-8-12(17)10(13)2/h6,8-9H,5,7H2,1-4H3,(H2,18,19,20,21). The van der Waals surface area contributed by atoms with Gasteiger partial charge >= 0.3 is 0 Å². The van der Waals surface area contributed by atoms with E-state index in [1.165, 1.54) is 0 Å². The molecule has 4 nitrogen and oxygen atoms in total. The van der Waals surface area contributed by atoms with Crippen LogP contribution in [0.1, 0.15) is 30.3 Å². The van der Waals surface area contributed by atoms with Crippen molar-refractivity contribution in [3.05, 3.63) is 40.2 Å². The van der Waals surface area contributed by atoms with Crippen LogP contribution < -0.4 is 10.6 Å². The minimum absolute atomic E-state index is 0.745. The molecular formula is C16H21ClN4. The van der Waals surface area contributed by atoms with Crippen LogP contribution in [-0.4, -0.2) is 17.0 Å². The molecule has 2 aromatic rings. The molecule has 2 rings (SSSR count). The van der Waals surface area contributed by atoms with Crippen LogP contribution in [0.5, 0.6) is 0 Å². The number of anilines is 3. The molecule has 0 atom stereocenters. The van der Waals surface area contributed by atoms with Crippen LogP contribution in [0.15, 0.2) is 18.2 Å². The predicted octanol–water partition coefficient (Wildman–Crippen LogP) is 4.48. The van der Waals surface area contributed by atoms with Gasteiger partial charge in [-0.15, -0.1) is 0 Å². The summed E-state index contributed by atoms with van der Waals surface area (Å²) in [5.41, 5.74) is 2.98. The zero-order valence-electron chi connectivity index (χ0n) is 12.9. The zero-order chi connectivity index (χ0) is 15.4. The maximum Gasteiger partial charge on any atom is 0.139 e. The fourth-order valence-corrected chi connectivity index (χ4v) is 2.31. The van der Waals surface area contributed by atoms with Crippen LogP contribution in [-0.2, 0) is 6.42 Å². The molecule has 0 bridgehead atoms. The third-order valence-corrected chi connectivity index (χ3v) is 3.83. The van der Waals surface area contributed by atoms with Crippen molar-refractivity contribution in [3.63, 3.8) is 0 Å². The number of aromatic nitrogens is 2. The molecule has 0 amide bonds. The van der Waals surface area contributed by atoms with Gasteiger partial charge in [0.05, 0.1) is 0 Å². The van der Waals surface area contributed by atoms with Gasteiger partial charge in [-0.3, -0.25) is 0 Å². The molecule has 0 spiro atoms. The molecule has 1 aromatic heterocycles. The number of hydrogen-bond acceptors (Lipinski definition) is 4. The second kappa shape index (κ2) is 6.76. The molecule has 0 fully saturated rings. The normalized spacial score (nSPS) is 10.5.